The number of piperazine rings is 1. The van der Waals surface area contributed by atoms with Gasteiger partial charge in [0.2, 0.25) is 0 Å². The molecule has 1 saturated heterocycles. The molecule has 3 rings (SSSR count). The van der Waals surface area contributed by atoms with Crippen molar-refractivity contribution in [3.05, 3.63) is 58.2 Å². The summed E-state index contributed by atoms with van der Waals surface area (Å²) in [4.78, 5) is 5.59. The van der Waals surface area contributed by atoms with Gasteiger partial charge < -0.3 is 0 Å². The van der Waals surface area contributed by atoms with Crippen molar-refractivity contribution in [1.82, 2.24) is 5.01 Å². The molecular weight excluding hydrogens is 319 g/mol. The molecule has 6 heteroatoms. The van der Waals surface area contributed by atoms with E-state index >= 15 is 0 Å². The molecule has 1 aliphatic heterocycles. The molecule has 0 saturated carbocycles. The number of nitrogens with one attached hydrogen (secondary N) is 1. The van der Waals surface area contributed by atoms with E-state index in [9.17, 15) is 0 Å². The molecule has 1 N–H and O–H groups in total. The number of hydrazone groups is 1. The van der Waals surface area contributed by atoms with Gasteiger partial charge in [-0.05, 0) is 23.8 Å². The summed E-state index contributed by atoms with van der Waals surface area (Å²) >= 11 is 11.9. The largest absolute Gasteiger partial charge is 0.289 e. The van der Waals surface area contributed by atoms with Crippen molar-refractivity contribution in [2.45, 2.75) is 0 Å². The van der Waals surface area contributed by atoms with E-state index in [1.165, 1.54) is 0 Å². The number of hydrogen-bond acceptors (Lipinski definition) is 3. The number of pyridine rings is 1. The van der Waals surface area contributed by atoms with Crippen LogP contribution in [0.3, 0.4) is 0 Å². The SMILES string of the molecule is Clc1ccc(/C=N/N2CCN(c3cccc[nH+]3)CC2)cc1Cl. The highest BCUT2D eigenvalue weighted by atomic mass is 35.5. The molecule has 1 fully saturated rings. The Morgan fingerprint density at radius 1 is 1.00 bits per heavy atom. The molecule has 0 aliphatic carbocycles. The summed E-state index contributed by atoms with van der Waals surface area (Å²) in [6.45, 7) is 3.67. The van der Waals surface area contributed by atoms with E-state index in [2.05, 4.69) is 26.1 Å². The molecule has 0 amide bonds. The number of hydrogen-bond donors (Lipinski definition) is 0. The van der Waals surface area contributed by atoms with Gasteiger partial charge in [0, 0.05) is 6.07 Å². The first-order valence-corrected chi connectivity index (χ1v) is 7.93. The van der Waals surface area contributed by atoms with Gasteiger partial charge in [0.1, 0.15) is 13.1 Å². The average Bonchev–Trinajstić information content (AvgIpc) is 2.57. The fourth-order valence-electron chi connectivity index (χ4n) is 2.37. The minimum Gasteiger partial charge on any atom is -0.289 e. The maximum absolute atomic E-state index is 6.00. The molecule has 0 atom stereocenters. The first kappa shape index (κ1) is 15.1. The second-order valence-corrected chi connectivity index (χ2v) is 5.92. The fraction of sp³-hybridized carbons (Fsp3) is 0.250. The summed E-state index contributed by atoms with van der Waals surface area (Å²) < 4.78 is 0. The number of aromatic amines is 1. The van der Waals surface area contributed by atoms with Gasteiger partial charge in [-0.1, -0.05) is 35.3 Å². The van der Waals surface area contributed by atoms with Gasteiger partial charge >= 0.3 is 0 Å². The maximum Gasteiger partial charge on any atom is 0.274 e. The van der Waals surface area contributed by atoms with Crippen molar-refractivity contribution in [3.8, 4) is 0 Å². The molecule has 114 valence electrons. The predicted molar refractivity (Wildman–Crippen MR) is 90.8 cm³/mol. The highest BCUT2D eigenvalue weighted by Gasteiger charge is 2.21. The number of anilines is 1. The number of aromatic nitrogens is 1. The lowest BCUT2D eigenvalue weighted by Crippen LogP contribution is -2.45. The van der Waals surface area contributed by atoms with Gasteiger partial charge in [-0.3, -0.25) is 9.91 Å². The Labute approximate surface area is 140 Å². The van der Waals surface area contributed by atoms with E-state index in [1.807, 2.05) is 36.7 Å². The van der Waals surface area contributed by atoms with E-state index in [-0.39, 0.29) is 0 Å². The van der Waals surface area contributed by atoms with Crippen LogP contribution in [0.1, 0.15) is 5.56 Å². The molecule has 22 heavy (non-hydrogen) atoms. The predicted octanol–water partition coefficient (Wildman–Crippen LogP) is 2.96. The molecule has 2 heterocycles. The molecule has 1 aliphatic rings. The van der Waals surface area contributed by atoms with Crippen molar-refractivity contribution >= 4 is 35.2 Å². The normalized spacial score (nSPS) is 15.5. The summed E-state index contributed by atoms with van der Waals surface area (Å²) in [6, 6.07) is 11.6. The quantitative estimate of drug-likeness (QED) is 0.808. The highest BCUT2D eigenvalue weighted by molar-refractivity contribution is 6.42. The van der Waals surface area contributed by atoms with Crippen LogP contribution in [-0.4, -0.2) is 37.4 Å². The van der Waals surface area contributed by atoms with E-state index in [0.29, 0.717) is 10.0 Å². The monoisotopic (exact) mass is 335 g/mol. The van der Waals surface area contributed by atoms with Gasteiger partial charge in [-0.15, -0.1) is 0 Å². The van der Waals surface area contributed by atoms with Crippen molar-refractivity contribution < 1.29 is 4.98 Å². The number of halogens is 2. The molecule has 1 aromatic heterocycles. The van der Waals surface area contributed by atoms with Crippen LogP contribution >= 0.6 is 23.2 Å². The zero-order valence-electron chi connectivity index (χ0n) is 12.0. The van der Waals surface area contributed by atoms with Crippen molar-refractivity contribution in [2.75, 3.05) is 31.1 Å². The Kier molecular flexibility index (Phi) is 4.80. The third-order valence-electron chi connectivity index (χ3n) is 3.60. The summed E-state index contributed by atoms with van der Waals surface area (Å²) in [5.41, 5.74) is 0.952. The van der Waals surface area contributed by atoms with Crippen LogP contribution < -0.4 is 9.88 Å². The zero-order valence-corrected chi connectivity index (χ0v) is 13.6. The minimum absolute atomic E-state index is 0.551. The summed E-state index contributed by atoms with van der Waals surface area (Å²) in [5.74, 6) is 1.15. The van der Waals surface area contributed by atoms with E-state index < -0.39 is 0 Å². The Morgan fingerprint density at radius 3 is 2.50 bits per heavy atom. The maximum atomic E-state index is 6.00. The van der Waals surface area contributed by atoms with E-state index in [0.717, 1.165) is 37.6 Å². The van der Waals surface area contributed by atoms with Gasteiger partial charge in [-0.2, -0.15) is 5.10 Å². The lowest BCUT2D eigenvalue weighted by atomic mass is 10.2. The van der Waals surface area contributed by atoms with Crippen LogP contribution in [-0.2, 0) is 0 Å². The second kappa shape index (κ2) is 6.99. The molecule has 0 unspecified atom stereocenters. The lowest BCUT2D eigenvalue weighted by Gasteiger charge is -2.28. The van der Waals surface area contributed by atoms with Gasteiger partial charge in [0.15, 0.2) is 0 Å². The number of benzene rings is 1. The van der Waals surface area contributed by atoms with E-state index in [4.69, 9.17) is 23.2 Å². The Hall–Kier alpha value is -1.78. The molecular formula is C16H17Cl2N4+. The minimum atomic E-state index is 0.551. The third-order valence-corrected chi connectivity index (χ3v) is 4.34. The third kappa shape index (κ3) is 3.70. The smallest absolute Gasteiger partial charge is 0.274 e. The molecule has 0 radical (unpaired) electrons. The Bertz CT molecular complexity index is 652. The average molecular weight is 336 g/mol. The van der Waals surface area contributed by atoms with Crippen molar-refractivity contribution in [2.24, 2.45) is 5.10 Å². The topological polar surface area (TPSA) is 33.0 Å². The molecule has 0 spiro atoms. The standard InChI is InChI=1S/C16H16Cl2N4/c17-14-5-4-13(11-15(14)18)12-20-22-9-7-21(8-10-22)16-3-1-2-6-19-16/h1-6,11-12H,7-10H2/p+1/b20-12+. The number of rotatable bonds is 3. The van der Waals surface area contributed by atoms with E-state index in [1.54, 1.807) is 6.07 Å². The highest BCUT2D eigenvalue weighted by Crippen LogP contribution is 2.21. The fourth-order valence-corrected chi connectivity index (χ4v) is 2.68. The molecule has 4 nitrogen and oxygen atoms in total. The van der Waals surface area contributed by atoms with Crippen molar-refractivity contribution in [1.29, 1.82) is 0 Å². The van der Waals surface area contributed by atoms with Gasteiger partial charge in [-0.25, -0.2) is 4.98 Å². The van der Waals surface area contributed by atoms with Crippen molar-refractivity contribution in [3.63, 3.8) is 0 Å². The number of H-pyrrole nitrogens is 1. The Balaban J connectivity index is 1.57. The lowest BCUT2D eigenvalue weighted by molar-refractivity contribution is -0.364. The summed E-state index contributed by atoms with van der Waals surface area (Å²) in [5, 5.41) is 7.71. The Morgan fingerprint density at radius 2 is 1.82 bits per heavy atom. The summed E-state index contributed by atoms with van der Waals surface area (Å²) in [6.07, 6.45) is 3.77. The second-order valence-electron chi connectivity index (χ2n) is 5.11. The van der Waals surface area contributed by atoms with Crippen LogP contribution in [0.5, 0.6) is 0 Å². The van der Waals surface area contributed by atoms with Crippen LogP contribution in [0.4, 0.5) is 5.82 Å². The molecule has 0 bridgehead atoms. The first-order valence-electron chi connectivity index (χ1n) is 7.18. The number of nitrogens with zero attached hydrogens (tertiary/aromatic N) is 3. The van der Waals surface area contributed by atoms with Crippen LogP contribution in [0.25, 0.3) is 0 Å². The van der Waals surface area contributed by atoms with Gasteiger partial charge in [0.25, 0.3) is 5.82 Å². The molecule has 1 aromatic carbocycles. The van der Waals surface area contributed by atoms with Gasteiger partial charge in [0.05, 0.1) is 35.5 Å². The zero-order chi connectivity index (χ0) is 15.4. The van der Waals surface area contributed by atoms with Crippen LogP contribution in [0, 0.1) is 0 Å². The van der Waals surface area contributed by atoms with Crippen LogP contribution in [0.2, 0.25) is 10.0 Å². The first-order chi connectivity index (χ1) is 10.7. The summed E-state index contributed by atoms with van der Waals surface area (Å²) in [7, 11) is 0. The van der Waals surface area contributed by atoms with Crippen LogP contribution in [0.15, 0.2) is 47.7 Å². The molecule has 2 aromatic rings.